The van der Waals surface area contributed by atoms with E-state index < -0.39 is 82.7 Å². The summed E-state index contributed by atoms with van der Waals surface area (Å²) < 4.78 is 56.5. The van der Waals surface area contributed by atoms with E-state index in [-0.39, 0.29) is 5.54 Å². The molecule has 0 saturated heterocycles. The van der Waals surface area contributed by atoms with E-state index in [4.69, 9.17) is 38.7 Å². The lowest BCUT2D eigenvalue weighted by Gasteiger charge is -2.45. The fraction of sp³-hybridized carbons (Fsp3) is 0.944. The van der Waals surface area contributed by atoms with Crippen LogP contribution in [0.25, 0.3) is 0 Å². The monoisotopic (exact) mass is 995 g/mol. The number of aliphatic hydroxyl groups excluding tert-OH is 1. The Balaban J connectivity index is 6.17. The zero-order chi connectivity index (χ0) is 46.8. The Morgan fingerprint density at radius 1 is 0.593 bits per heavy atom. The second kappa shape index (κ2) is 22.9. The van der Waals surface area contributed by atoms with Gasteiger partial charge in [0.2, 0.25) is 0 Å². The summed E-state index contributed by atoms with van der Waals surface area (Å²) in [5, 5.41) is 21.3. The Labute approximate surface area is 373 Å². The standard InChI is InChI=1S/C36H96N5O9Si9/c1-34(29-37)30-38-25-27-58(23,47-53(13,14)43-51(7,8)9)49-56(19,20)45-55(17,18)46-57(21,22)50-59(24,48-54(15,16)44-52(10,11)12)28-26-39-33-36(2,3)40-31-35(42)32-41(4,5)6/h29,35,38-40,42H,25-28,30-33,37H2,1-24H3/q+1/b34-29-. The lowest BCUT2D eigenvalue weighted by molar-refractivity contribution is -0.873. The average molecular weight is 996 g/mol. The van der Waals surface area contributed by atoms with E-state index in [9.17, 15) is 5.11 Å². The first-order chi connectivity index (χ1) is 25.9. The van der Waals surface area contributed by atoms with Crippen molar-refractivity contribution < 1.29 is 42.5 Å². The molecule has 14 nitrogen and oxygen atoms in total. The second-order valence-electron chi connectivity index (χ2n) is 22.6. The number of nitrogens with two attached hydrogens (primary N) is 1. The molecule has 0 aromatic carbocycles. The van der Waals surface area contributed by atoms with Crippen LogP contribution in [0, 0.1) is 0 Å². The minimum atomic E-state index is -2.87. The number of nitrogens with one attached hydrogen (secondary N) is 3. The van der Waals surface area contributed by atoms with E-state index in [2.05, 4.69) is 169 Å². The number of rotatable bonds is 31. The zero-order valence-corrected chi connectivity index (χ0v) is 51.5. The summed E-state index contributed by atoms with van der Waals surface area (Å²) in [5.74, 6) is 0. The summed E-state index contributed by atoms with van der Waals surface area (Å²) in [6, 6.07) is 1.46. The molecule has 59 heavy (non-hydrogen) atoms. The van der Waals surface area contributed by atoms with Gasteiger partial charge in [0.1, 0.15) is 12.6 Å². The second-order valence-corrected chi connectivity index (χ2v) is 57.1. The van der Waals surface area contributed by atoms with Crippen LogP contribution in [0.15, 0.2) is 11.8 Å². The van der Waals surface area contributed by atoms with Gasteiger partial charge >= 0.3 is 59.9 Å². The predicted octanol–water partition coefficient (Wildman–Crippen LogP) is 6.92. The summed E-state index contributed by atoms with van der Waals surface area (Å²) in [4.78, 5) is 0. The minimum Gasteiger partial charge on any atom is -0.437 e. The number of hydrogen-bond donors (Lipinski definition) is 5. The van der Waals surface area contributed by atoms with Crippen LogP contribution >= 0.6 is 0 Å². The Morgan fingerprint density at radius 2 is 0.932 bits per heavy atom. The summed E-state index contributed by atoms with van der Waals surface area (Å²) in [6.07, 6.45) is 1.22. The van der Waals surface area contributed by atoms with Gasteiger partial charge in [0.05, 0.1) is 21.1 Å². The highest BCUT2D eigenvalue weighted by molar-refractivity contribution is 6.93. The molecule has 23 heteroatoms. The molecular weight excluding hydrogens is 899 g/mol. The largest absolute Gasteiger partial charge is 0.437 e. The first kappa shape index (κ1) is 60.0. The van der Waals surface area contributed by atoms with Gasteiger partial charge in [-0.1, -0.05) is 0 Å². The number of quaternary nitrogens is 1. The third-order valence-corrected chi connectivity index (χ3v) is 42.1. The quantitative estimate of drug-likeness (QED) is 0.0278. The van der Waals surface area contributed by atoms with Crippen molar-refractivity contribution in [3.63, 3.8) is 0 Å². The highest BCUT2D eigenvalue weighted by atomic mass is 28.5. The smallest absolute Gasteiger partial charge is 0.318 e. The Morgan fingerprint density at radius 3 is 1.27 bits per heavy atom. The SMILES string of the molecule is C/C(=C/N)CNCC[Si](C)(O[Si](C)(C)O[Si](C)(C)C)O[Si](C)(C)O[Si](C)(C)O[Si](C)(C)O[Si](C)(CCNCC(C)(C)NCC(O)C[N+](C)(C)C)O[Si](C)(C)O[Si](C)(C)C. The van der Waals surface area contributed by atoms with Crippen molar-refractivity contribution in [2.75, 3.05) is 60.4 Å². The molecule has 6 N–H and O–H groups in total. The van der Waals surface area contributed by atoms with Crippen LogP contribution in [0.5, 0.6) is 0 Å². The average Bonchev–Trinajstić information content (AvgIpc) is 2.90. The molecule has 354 valence electrons. The first-order valence-corrected chi connectivity index (χ1v) is 47.5. The Kier molecular flexibility index (Phi) is 23.3. The summed E-state index contributed by atoms with van der Waals surface area (Å²) in [6.45, 7) is 49.1. The molecular formula is C36H96N5O9Si9+. The normalized spacial score (nSPS) is 17.5. The third-order valence-electron chi connectivity index (χ3n) is 8.28. The van der Waals surface area contributed by atoms with Crippen molar-refractivity contribution >= 4 is 76.6 Å². The molecule has 0 rings (SSSR count). The molecule has 0 aliphatic rings. The maximum atomic E-state index is 10.6. The molecule has 0 saturated carbocycles. The van der Waals surface area contributed by atoms with Crippen molar-refractivity contribution in [1.29, 1.82) is 0 Å². The lowest BCUT2D eigenvalue weighted by atomic mass is 10.1. The van der Waals surface area contributed by atoms with E-state index >= 15 is 0 Å². The van der Waals surface area contributed by atoms with Crippen LogP contribution in [-0.4, -0.2) is 158 Å². The number of likely N-dealkylation sites (N-methyl/N-ethyl adjacent to an activating group) is 1. The zero-order valence-electron chi connectivity index (χ0n) is 42.5. The van der Waals surface area contributed by atoms with Crippen LogP contribution < -0.4 is 21.7 Å². The van der Waals surface area contributed by atoms with Gasteiger partial charge in [0.25, 0.3) is 0 Å². The van der Waals surface area contributed by atoms with Crippen molar-refractivity contribution in [3.05, 3.63) is 11.8 Å². The molecule has 0 aromatic rings. The van der Waals surface area contributed by atoms with Gasteiger partial charge in [-0.05, 0) is 163 Å². The van der Waals surface area contributed by atoms with E-state index in [1.54, 1.807) is 6.20 Å². The maximum Gasteiger partial charge on any atom is 0.318 e. The van der Waals surface area contributed by atoms with Gasteiger partial charge in [-0.3, -0.25) is 0 Å². The van der Waals surface area contributed by atoms with E-state index in [1.807, 2.05) is 6.92 Å². The van der Waals surface area contributed by atoms with Crippen molar-refractivity contribution in [1.82, 2.24) is 16.0 Å². The van der Waals surface area contributed by atoms with E-state index in [0.717, 1.165) is 30.8 Å². The van der Waals surface area contributed by atoms with Crippen molar-refractivity contribution in [3.8, 4) is 0 Å². The Hall–Kier alpha value is 0.972. The molecule has 0 amide bonds. The van der Waals surface area contributed by atoms with Gasteiger partial charge < -0.3 is 64.2 Å². The molecule has 0 aromatic heterocycles. The highest BCUT2D eigenvalue weighted by Gasteiger charge is 2.51. The molecule has 0 bridgehead atoms. The summed E-state index contributed by atoms with van der Waals surface area (Å²) in [5.41, 5.74) is 6.59. The number of β-amino-alcohol motifs (C(OH)–C–C–N with tert-alkyl or cyclic N) is 1. The van der Waals surface area contributed by atoms with Gasteiger partial charge in [0.15, 0.2) is 16.6 Å². The molecule has 0 spiro atoms. The molecule has 0 heterocycles. The maximum absolute atomic E-state index is 10.6. The van der Waals surface area contributed by atoms with Crippen LogP contribution in [0.1, 0.15) is 20.8 Å². The number of nitrogens with zero attached hydrogens (tertiary/aromatic N) is 1. The number of aliphatic hydroxyl groups is 1. The van der Waals surface area contributed by atoms with Gasteiger partial charge in [-0.25, -0.2) is 0 Å². The van der Waals surface area contributed by atoms with Crippen LogP contribution in [0.4, 0.5) is 0 Å². The van der Waals surface area contributed by atoms with Crippen molar-refractivity contribution in [2.45, 2.75) is 162 Å². The number of hydrogen-bond acceptors (Lipinski definition) is 13. The minimum absolute atomic E-state index is 0.218. The van der Waals surface area contributed by atoms with Crippen LogP contribution in [0.3, 0.4) is 0 Å². The summed E-state index contributed by atoms with van der Waals surface area (Å²) >= 11 is 0. The van der Waals surface area contributed by atoms with Gasteiger partial charge in [-0.2, -0.15) is 0 Å². The summed E-state index contributed by atoms with van der Waals surface area (Å²) in [7, 11) is -16.7. The molecule has 0 fully saturated rings. The van der Waals surface area contributed by atoms with Crippen LogP contribution in [-0.2, 0) is 32.9 Å². The topological polar surface area (TPSA) is 156 Å². The van der Waals surface area contributed by atoms with Crippen LogP contribution in [0.2, 0.25) is 130 Å². The lowest BCUT2D eigenvalue weighted by Crippen LogP contribution is -2.63. The van der Waals surface area contributed by atoms with E-state index in [1.165, 1.54) is 0 Å². The van der Waals surface area contributed by atoms with Crippen molar-refractivity contribution in [2.24, 2.45) is 5.73 Å². The van der Waals surface area contributed by atoms with E-state index in [0.29, 0.717) is 30.7 Å². The van der Waals surface area contributed by atoms with Gasteiger partial charge in [-0.15, -0.1) is 0 Å². The highest BCUT2D eigenvalue weighted by Crippen LogP contribution is 2.32. The molecule has 0 aliphatic heterocycles. The molecule has 3 unspecified atom stereocenters. The fourth-order valence-electron chi connectivity index (χ4n) is 7.62. The molecule has 3 atom stereocenters. The first-order valence-electron chi connectivity index (χ1n) is 21.6. The third kappa shape index (κ3) is 30.7. The predicted molar refractivity (Wildman–Crippen MR) is 270 cm³/mol. The Bertz CT molecular complexity index is 1300. The molecule has 0 radical (unpaired) electrons. The fourth-order valence-corrected chi connectivity index (χ4v) is 52.2. The molecule has 0 aliphatic carbocycles. The van der Waals surface area contributed by atoms with Gasteiger partial charge in [0, 0.05) is 37.3 Å².